The molecule has 1 amide bonds. The zero-order valence-electron chi connectivity index (χ0n) is 21.4. The van der Waals surface area contributed by atoms with E-state index in [9.17, 15) is 24.9 Å². The number of rotatable bonds is 13. The Morgan fingerprint density at radius 2 is 1.94 bits per heavy atom. The highest BCUT2D eigenvalue weighted by Gasteiger charge is 2.44. The molecule has 0 aromatic heterocycles. The first-order valence-corrected chi connectivity index (χ1v) is 13.3. The molecule has 0 spiro atoms. The number of aliphatic hydroxyl groups excluding tert-OH is 2. The van der Waals surface area contributed by atoms with Crippen LogP contribution in [0.15, 0.2) is 18.2 Å². The second kappa shape index (κ2) is 12.7. The lowest BCUT2D eigenvalue weighted by Gasteiger charge is -2.32. The maximum Gasteiger partial charge on any atom is 0.326 e. The zero-order chi connectivity index (χ0) is 25.5. The molecule has 1 saturated carbocycles. The largest absolute Gasteiger partial charge is 0.483 e. The smallest absolute Gasteiger partial charge is 0.326 e. The van der Waals surface area contributed by atoms with Crippen LogP contribution >= 0.6 is 0 Å². The number of benzene rings is 1. The van der Waals surface area contributed by atoms with E-state index >= 15 is 0 Å². The van der Waals surface area contributed by atoms with Gasteiger partial charge in [-0.2, -0.15) is 0 Å². The molecule has 35 heavy (non-hydrogen) atoms. The van der Waals surface area contributed by atoms with E-state index in [2.05, 4.69) is 18.3 Å². The third kappa shape index (κ3) is 7.20. The van der Waals surface area contributed by atoms with Crippen LogP contribution in [0, 0.1) is 23.7 Å². The van der Waals surface area contributed by atoms with Gasteiger partial charge in [-0.1, -0.05) is 52.2 Å². The van der Waals surface area contributed by atoms with Gasteiger partial charge in [0, 0.05) is 0 Å². The number of ether oxygens (including phenoxy) is 1. The van der Waals surface area contributed by atoms with Crippen molar-refractivity contribution in [2.45, 2.75) is 96.8 Å². The first-order chi connectivity index (χ1) is 16.7. The molecule has 6 atom stereocenters. The van der Waals surface area contributed by atoms with E-state index in [1.54, 1.807) is 13.8 Å². The van der Waals surface area contributed by atoms with E-state index < -0.39 is 17.9 Å². The number of amides is 1. The van der Waals surface area contributed by atoms with E-state index in [0.29, 0.717) is 17.6 Å². The van der Waals surface area contributed by atoms with Gasteiger partial charge < -0.3 is 25.4 Å². The molecule has 196 valence electrons. The minimum atomic E-state index is -1.06. The van der Waals surface area contributed by atoms with Crippen LogP contribution < -0.4 is 10.1 Å². The van der Waals surface area contributed by atoms with Crippen LogP contribution in [-0.2, 0) is 22.4 Å². The molecule has 0 aliphatic heterocycles. The van der Waals surface area contributed by atoms with Gasteiger partial charge in [0.1, 0.15) is 11.8 Å². The highest BCUT2D eigenvalue weighted by atomic mass is 16.5. The average molecular weight is 490 g/mol. The number of unbranched alkanes of at least 4 members (excludes halogenated alkanes) is 2. The fourth-order valence-corrected chi connectivity index (χ4v) is 5.97. The van der Waals surface area contributed by atoms with Crippen LogP contribution in [0.4, 0.5) is 0 Å². The Hall–Kier alpha value is -2.12. The number of hydrogen-bond acceptors (Lipinski definition) is 5. The van der Waals surface area contributed by atoms with Crippen molar-refractivity contribution in [1.82, 2.24) is 5.32 Å². The third-order valence-electron chi connectivity index (χ3n) is 7.93. The molecule has 0 heterocycles. The highest BCUT2D eigenvalue weighted by Crippen LogP contribution is 2.48. The van der Waals surface area contributed by atoms with Gasteiger partial charge in [0.2, 0.25) is 0 Å². The lowest BCUT2D eigenvalue weighted by Crippen LogP contribution is -2.46. The summed E-state index contributed by atoms with van der Waals surface area (Å²) in [6.07, 6.45) is 7.57. The minimum Gasteiger partial charge on any atom is -0.483 e. The summed E-state index contributed by atoms with van der Waals surface area (Å²) in [5.74, 6) is -0.121. The van der Waals surface area contributed by atoms with Crippen LogP contribution in [0.25, 0.3) is 0 Å². The molecule has 7 heteroatoms. The number of carboxylic acids is 1. The zero-order valence-corrected chi connectivity index (χ0v) is 21.4. The highest BCUT2D eigenvalue weighted by molar-refractivity contribution is 5.84. The Balaban J connectivity index is 1.59. The van der Waals surface area contributed by atoms with Gasteiger partial charge in [0.05, 0.1) is 12.2 Å². The van der Waals surface area contributed by atoms with E-state index in [-0.39, 0.29) is 30.7 Å². The number of hydrogen-bond donors (Lipinski definition) is 4. The molecule has 0 saturated heterocycles. The first kappa shape index (κ1) is 27.5. The number of carbonyl (C=O) groups excluding carboxylic acids is 1. The number of aliphatic hydroxyl groups is 2. The molecule has 2 aliphatic carbocycles. The molecule has 1 unspecified atom stereocenters. The SMILES string of the molecule is CCCCC[C@H](O)CC[C@@H]1[C@H]2Cc3cccc(OCC(=O)NC(C(=O)O)C(C)C)c3C[C@H]2C[C@H]1O. The number of nitrogens with one attached hydrogen (secondary N) is 1. The molecule has 1 aromatic rings. The third-order valence-corrected chi connectivity index (χ3v) is 7.93. The lowest BCUT2D eigenvalue weighted by molar-refractivity contribution is -0.143. The Bertz CT molecular complexity index is 856. The molecule has 1 aromatic carbocycles. The van der Waals surface area contributed by atoms with Crippen LogP contribution in [-0.4, -0.2) is 52.1 Å². The van der Waals surface area contributed by atoms with Crippen LogP contribution in [0.5, 0.6) is 5.75 Å². The first-order valence-electron chi connectivity index (χ1n) is 13.3. The number of fused-ring (bicyclic) bond motifs is 2. The van der Waals surface area contributed by atoms with Crippen LogP contribution in [0.3, 0.4) is 0 Å². The average Bonchev–Trinajstić information content (AvgIpc) is 3.11. The predicted octanol–water partition coefficient (Wildman–Crippen LogP) is 3.72. The summed E-state index contributed by atoms with van der Waals surface area (Å²) in [6, 6.07) is 4.94. The molecular formula is C28H43NO6. The summed E-state index contributed by atoms with van der Waals surface area (Å²) in [5.41, 5.74) is 2.28. The molecule has 1 fully saturated rings. The fraction of sp³-hybridized carbons (Fsp3) is 0.714. The van der Waals surface area contributed by atoms with E-state index in [1.807, 2.05) is 12.1 Å². The lowest BCUT2D eigenvalue weighted by atomic mass is 9.73. The molecule has 2 aliphatic rings. The summed E-state index contributed by atoms with van der Waals surface area (Å²) in [4.78, 5) is 23.7. The molecule has 4 N–H and O–H groups in total. The Morgan fingerprint density at radius 3 is 2.63 bits per heavy atom. The fourth-order valence-electron chi connectivity index (χ4n) is 5.97. The maximum atomic E-state index is 12.3. The van der Waals surface area contributed by atoms with Crippen molar-refractivity contribution in [3.63, 3.8) is 0 Å². The molecule has 7 nitrogen and oxygen atoms in total. The number of aliphatic carboxylic acids is 1. The minimum absolute atomic E-state index is 0.202. The Morgan fingerprint density at radius 1 is 1.17 bits per heavy atom. The number of carbonyl (C=O) groups is 2. The van der Waals surface area contributed by atoms with Crippen molar-refractivity contribution in [1.29, 1.82) is 0 Å². The van der Waals surface area contributed by atoms with Crippen molar-refractivity contribution in [3.05, 3.63) is 29.3 Å². The van der Waals surface area contributed by atoms with Gasteiger partial charge in [-0.15, -0.1) is 0 Å². The summed E-state index contributed by atoms with van der Waals surface area (Å²) in [6.45, 7) is 5.43. The van der Waals surface area contributed by atoms with Crippen molar-refractivity contribution >= 4 is 11.9 Å². The Kier molecular flexibility index (Phi) is 9.99. The standard InChI is InChI=1S/C28H43NO6/c1-4-5-6-9-20(30)11-12-21-22-13-18-8-7-10-25(23(18)14-19(22)15-24(21)31)35-16-26(32)29-27(17(2)3)28(33)34/h7-8,10,17,19-22,24,27,30-31H,4-6,9,11-16H2,1-3H3,(H,29,32)(H,33,34)/t19-,20-,21+,22-,24+,27?/m0/s1. The predicted molar refractivity (Wildman–Crippen MR) is 134 cm³/mol. The van der Waals surface area contributed by atoms with Crippen molar-refractivity contribution in [2.75, 3.05) is 6.61 Å². The van der Waals surface area contributed by atoms with Gasteiger partial charge >= 0.3 is 5.97 Å². The van der Waals surface area contributed by atoms with Crippen LogP contribution in [0.1, 0.15) is 76.8 Å². The van der Waals surface area contributed by atoms with Gasteiger partial charge in [-0.25, -0.2) is 4.79 Å². The van der Waals surface area contributed by atoms with Crippen molar-refractivity contribution < 1.29 is 29.6 Å². The molecule has 0 bridgehead atoms. The summed E-state index contributed by atoms with van der Waals surface area (Å²) in [5, 5.41) is 33.0. The summed E-state index contributed by atoms with van der Waals surface area (Å²) < 4.78 is 5.85. The summed E-state index contributed by atoms with van der Waals surface area (Å²) in [7, 11) is 0. The Labute approximate surface area is 209 Å². The van der Waals surface area contributed by atoms with E-state index in [4.69, 9.17) is 4.74 Å². The second-order valence-electron chi connectivity index (χ2n) is 10.8. The van der Waals surface area contributed by atoms with Gasteiger partial charge in [0.15, 0.2) is 6.61 Å². The maximum absolute atomic E-state index is 12.3. The van der Waals surface area contributed by atoms with E-state index in [0.717, 1.165) is 63.4 Å². The van der Waals surface area contributed by atoms with Gasteiger partial charge in [-0.05, 0) is 79.4 Å². The number of carboxylic acid groups (broad SMARTS) is 1. The van der Waals surface area contributed by atoms with Crippen LogP contribution in [0.2, 0.25) is 0 Å². The van der Waals surface area contributed by atoms with Gasteiger partial charge in [-0.3, -0.25) is 4.79 Å². The normalized spacial score (nSPS) is 25.0. The monoisotopic (exact) mass is 489 g/mol. The van der Waals surface area contributed by atoms with Crippen molar-refractivity contribution in [2.24, 2.45) is 23.7 Å². The van der Waals surface area contributed by atoms with Gasteiger partial charge in [0.25, 0.3) is 5.91 Å². The van der Waals surface area contributed by atoms with Crippen molar-refractivity contribution in [3.8, 4) is 5.75 Å². The molecule has 0 radical (unpaired) electrons. The van der Waals surface area contributed by atoms with E-state index in [1.165, 1.54) is 5.56 Å². The quantitative estimate of drug-likeness (QED) is 0.314. The molecular weight excluding hydrogens is 446 g/mol. The molecule has 3 rings (SSSR count). The summed E-state index contributed by atoms with van der Waals surface area (Å²) >= 11 is 0. The topological polar surface area (TPSA) is 116 Å². The second-order valence-corrected chi connectivity index (χ2v) is 10.8.